The van der Waals surface area contributed by atoms with Gasteiger partial charge in [0.2, 0.25) is 11.8 Å². The van der Waals surface area contributed by atoms with Crippen molar-refractivity contribution in [2.45, 2.75) is 151 Å². The summed E-state index contributed by atoms with van der Waals surface area (Å²) in [7, 11) is 2.69. The van der Waals surface area contributed by atoms with Crippen LogP contribution in [0.4, 0.5) is 4.79 Å². The first-order chi connectivity index (χ1) is 26.2. The number of esters is 2. The van der Waals surface area contributed by atoms with Crippen LogP contribution in [0.5, 0.6) is 0 Å². The Balaban J connectivity index is 0.000000392. The Morgan fingerprint density at radius 1 is 0.732 bits per heavy atom. The molecule has 56 heavy (non-hydrogen) atoms. The lowest BCUT2D eigenvalue weighted by Gasteiger charge is -2.34. The summed E-state index contributed by atoms with van der Waals surface area (Å²) in [6.45, 7) is 6.59. The van der Waals surface area contributed by atoms with Gasteiger partial charge in [-0.15, -0.1) is 12.4 Å². The number of alkyl carbamates (subject to hydrolysis) is 1. The molecule has 0 unspecified atom stereocenters. The van der Waals surface area contributed by atoms with E-state index in [0.29, 0.717) is 32.4 Å². The zero-order valence-electron chi connectivity index (χ0n) is 34.1. The molecule has 2 saturated carbocycles. The topological polar surface area (TPSA) is 198 Å². The van der Waals surface area contributed by atoms with Crippen LogP contribution >= 0.6 is 35.9 Å². The molecule has 6 atom stereocenters. The lowest BCUT2D eigenvalue weighted by Crippen LogP contribution is -2.55. The number of aliphatic hydroxyl groups excluding tert-OH is 2. The van der Waals surface area contributed by atoms with Crippen molar-refractivity contribution in [2.24, 2.45) is 17.6 Å². The fraction of sp³-hybridized carbons (Fsp3) is 0.872. The van der Waals surface area contributed by atoms with Crippen molar-refractivity contribution in [1.29, 1.82) is 0 Å². The molecule has 0 aromatic carbocycles. The number of hydrogen-bond acceptors (Lipinski definition) is 13. The van der Waals surface area contributed by atoms with E-state index in [9.17, 15) is 24.0 Å². The van der Waals surface area contributed by atoms with Crippen molar-refractivity contribution in [2.75, 3.05) is 52.0 Å². The van der Waals surface area contributed by atoms with Crippen LogP contribution in [0.1, 0.15) is 111 Å². The molecular weight excluding hydrogens is 784 g/mol. The van der Waals surface area contributed by atoms with Crippen LogP contribution in [-0.4, -0.2) is 142 Å². The fourth-order valence-electron chi connectivity index (χ4n) is 8.02. The molecule has 17 heteroatoms. The first-order valence-electron chi connectivity index (χ1n) is 20.2. The van der Waals surface area contributed by atoms with Gasteiger partial charge in [0.25, 0.3) is 0 Å². The van der Waals surface area contributed by atoms with Crippen molar-refractivity contribution >= 4 is 65.8 Å². The van der Waals surface area contributed by atoms with Gasteiger partial charge < -0.3 is 45.3 Å². The third-order valence-corrected chi connectivity index (χ3v) is 13.5. The summed E-state index contributed by atoms with van der Waals surface area (Å²) in [5.41, 5.74) is 5.59. The number of methoxy groups -OCH3 is 2. The van der Waals surface area contributed by atoms with E-state index in [1.807, 2.05) is 0 Å². The second-order valence-electron chi connectivity index (χ2n) is 16.1. The van der Waals surface area contributed by atoms with E-state index in [0.717, 1.165) is 75.7 Å². The molecule has 2 aliphatic carbocycles. The van der Waals surface area contributed by atoms with E-state index >= 15 is 0 Å². The molecule has 4 rings (SSSR count). The number of thioether (sulfide) groups is 2. The normalized spacial score (nSPS) is 24.2. The number of ether oxygens (including phenoxy) is 3. The highest BCUT2D eigenvalue weighted by Gasteiger charge is 2.45. The maximum absolute atomic E-state index is 13.7. The zero-order chi connectivity index (χ0) is 40.5. The monoisotopic (exact) mass is 852 g/mol. The molecule has 0 spiro atoms. The number of rotatable bonds is 15. The van der Waals surface area contributed by atoms with E-state index in [2.05, 4.69) is 5.32 Å². The smallest absolute Gasteiger partial charge is 0.408 e. The summed E-state index contributed by atoms with van der Waals surface area (Å²) in [5, 5.41) is 21.1. The van der Waals surface area contributed by atoms with Crippen LogP contribution in [0, 0.1) is 11.8 Å². The van der Waals surface area contributed by atoms with E-state index < -0.39 is 41.8 Å². The molecule has 2 saturated heterocycles. The standard InChI is InChI=1S/C22H38N2O6S.C17H30N2O4S.ClH/c1-22(2,3)30-21(28)23-18(15-9-6-5-7-10-15)19(26)24-14-16(31-12-8-11-25)13-17(24)20(27)29-4;1-23-17(22)14-10-13(24-9-5-8-20)11-19(14)16(21)15(18)12-6-3-2-4-7-12;/h15-18,25H,5-14H2,1-4H3,(H,23,28);12-15,20H,2-11,18H2,1H3;1H/t16-,17-,18+;13-,14-,15+;/m11./s1. The van der Waals surface area contributed by atoms with Gasteiger partial charge in [0, 0.05) is 36.8 Å². The number of carbonyl (C=O) groups excluding carboxylic acids is 5. The van der Waals surface area contributed by atoms with Crippen molar-refractivity contribution in [1.82, 2.24) is 15.1 Å². The number of amides is 3. The van der Waals surface area contributed by atoms with Gasteiger partial charge in [0.1, 0.15) is 23.7 Å². The highest BCUT2D eigenvalue weighted by atomic mass is 35.5. The second kappa shape index (κ2) is 25.5. The van der Waals surface area contributed by atoms with Gasteiger partial charge in [0.05, 0.1) is 20.3 Å². The number of aliphatic hydroxyl groups is 2. The molecule has 3 amide bonds. The number of carbonyl (C=O) groups is 5. The predicted molar refractivity (Wildman–Crippen MR) is 222 cm³/mol. The SMILES string of the molecule is COC(=O)[C@H]1C[C@@H](SCCCO)CN1C(=O)[C@@H](N)C1CCCCC1.COC(=O)[C@H]1C[C@@H](SCCCO)CN1C(=O)[C@@H](NC(=O)OC(C)(C)C)C1CCCCC1.Cl. The van der Waals surface area contributed by atoms with Crippen molar-refractivity contribution in [3.05, 3.63) is 0 Å². The Morgan fingerprint density at radius 2 is 1.16 bits per heavy atom. The largest absolute Gasteiger partial charge is 0.467 e. The van der Waals surface area contributed by atoms with Gasteiger partial charge in [-0.3, -0.25) is 9.59 Å². The molecule has 5 N–H and O–H groups in total. The molecule has 2 aliphatic heterocycles. The zero-order valence-corrected chi connectivity index (χ0v) is 36.6. The fourth-order valence-corrected chi connectivity index (χ4v) is 10.4. The highest BCUT2D eigenvalue weighted by molar-refractivity contribution is 8.00. The van der Waals surface area contributed by atoms with E-state index in [-0.39, 0.29) is 65.7 Å². The van der Waals surface area contributed by atoms with E-state index in [4.69, 9.17) is 30.2 Å². The van der Waals surface area contributed by atoms with Crippen LogP contribution in [0.25, 0.3) is 0 Å². The highest BCUT2D eigenvalue weighted by Crippen LogP contribution is 2.34. The third kappa shape index (κ3) is 15.6. The lowest BCUT2D eigenvalue weighted by molar-refractivity contribution is -0.152. The lowest BCUT2D eigenvalue weighted by atomic mass is 9.83. The van der Waals surface area contributed by atoms with Crippen molar-refractivity contribution < 1.29 is 48.4 Å². The van der Waals surface area contributed by atoms with Crippen molar-refractivity contribution in [3.8, 4) is 0 Å². The predicted octanol–water partition coefficient (Wildman–Crippen LogP) is 4.29. The average molecular weight is 854 g/mol. The van der Waals surface area contributed by atoms with Gasteiger partial charge in [-0.05, 0) is 95.5 Å². The number of nitrogens with zero attached hydrogens (tertiary/aromatic N) is 2. The van der Waals surface area contributed by atoms with Crippen LogP contribution in [0.15, 0.2) is 0 Å². The van der Waals surface area contributed by atoms with Crippen LogP contribution in [0.3, 0.4) is 0 Å². The Kier molecular flexibility index (Phi) is 22.8. The number of halogens is 1. The van der Waals surface area contributed by atoms with Gasteiger partial charge in [-0.1, -0.05) is 38.5 Å². The number of hydrogen-bond donors (Lipinski definition) is 4. The minimum atomic E-state index is -0.719. The first kappa shape index (κ1) is 50.2. The van der Waals surface area contributed by atoms with Gasteiger partial charge in [-0.25, -0.2) is 14.4 Å². The van der Waals surface area contributed by atoms with Gasteiger partial charge >= 0.3 is 18.0 Å². The van der Waals surface area contributed by atoms with Gasteiger partial charge in [0.15, 0.2) is 0 Å². The molecule has 0 bridgehead atoms. The summed E-state index contributed by atoms with van der Waals surface area (Å²) in [4.78, 5) is 66.8. The second-order valence-corrected chi connectivity index (χ2v) is 18.9. The van der Waals surface area contributed by atoms with E-state index in [1.165, 1.54) is 20.6 Å². The van der Waals surface area contributed by atoms with E-state index in [1.54, 1.807) is 54.1 Å². The Labute approximate surface area is 348 Å². The van der Waals surface area contributed by atoms with Gasteiger partial charge in [-0.2, -0.15) is 23.5 Å². The maximum atomic E-state index is 13.7. The molecule has 0 aromatic rings. The molecule has 0 radical (unpaired) electrons. The number of likely N-dealkylation sites (tertiary alicyclic amines) is 2. The van der Waals surface area contributed by atoms with Crippen LogP contribution in [-0.2, 0) is 33.4 Å². The Hall–Kier alpha value is -1.98. The van der Waals surface area contributed by atoms with Crippen LogP contribution in [0.2, 0.25) is 0 Å². The molecule has 0 aromatic heterocycles. The molecule has 4 fully saturated rings. The Bertz CT molecular complexity index is 1230. The third-order valence-electron chi connectivity index (χ3n) is 10.9. The summed E-state index contributed by atoms with van der Waals surface area (Å²) >= 11 is 3.36. The summed E-state index contributed by atoms with van der Waals surface area (Å²) in [5.74, 6) is 0.702. The minimum Gasteiger partial charge on any atom is -0.467 e. The Morgan fingerprint density at radius 3 is 1.57 bits per heavy atom. The summed E-state index contributed by atoms with van der Waals surface area (Å²) in [6.07, 6.45) is 12.3. The number of nitrogens with two attached hydrogens (primary N) is 1. The van der Waals surface area contributed by atoms with Crippen molar-refractivity contribution in [3.63, 3.8) is 0 Å². The summed E-state index contributed by atoms with van der Waals surface area (Å²) < 4.78 is 15.3. The average Bonchev–Trinajstić information content (AvgIpc) is 3.81. The first-order valence-corrected chi connectivity index (χ1v) is 22.3. The maximum Gasteiger partial charge on any atom is 0.408 e. The summed E-state index contributed by atoms with van der Waals surface area (Å²) in [6, 6.07) is -2.42. The quantitative estimate of drug-likeness (QED) is 0.104. The number of nitrogens with one attached hydrogen (secondary N) is 1. The minimum absolute atomic E-state index is 0. The molecule has 2 heterocycles. The molecular formula is C39H69ClN4O10S2. The van der Waals surface area contributed by atoms with Crippen LogP contribution < -0.4 is 11.1 Å². The molecule has 324 valence electrons. The molecule has 14 nitrogen and oxygen atoms in total. The molecule has 4 aliphatic rings.